The maximum Gasteiger partial charge on any atom is 0.0727 e. The van der Waals surface area contributed by atoms with Crippen molar-refractivity contribution in [2.45, 2.75) is 46.3 Å². The summed E-state index contributed by atoms with van der Waals surface area (Å²) in [6.07, 6.45) is 3.75. The lowest BCUT2D eigenvalue weighted by Gasteiger charge is -2.40. The third-order valence-corrected chi connectivity index (χ3v) is 3.73. The number of nitrogens with zero attached hydrogens (tertiary/aromatic N) is 3. The van der Waals surface area contributed by atoms with Gasteiger partial charge in [-0.2, -0.15) is 0 Å². The van der Waals surface area contributed by atoms with Gasteiger partial charge in [0.05, 0.1) is 11.4 Å². The van der Waals surface area contributed by atoms with Crippen LogP contribution in [0.2, 0.25) is 0 Å². The second kappa shape index (κ2) is 5.76. The number of aryl methyl sites for hydroxylation is 1. The molecule has 18 heavy (non-hydrogen) atoms. The molecule has 4 nitrogen and oxygen atoms in total. The van der Waals surface area contributed by atoms with Gasteiger partial charge in [0.15, 0.2) is 0 Å². The van der Waals surface area contributed by atoms with Crippen molar-refractivity contribution in [2.24, 2.45) is 5.92 Å². The van der Waals surface area contributed by atoms with Crippen molar-refractivity contribution < 1.29 is 0 Å². The Labute approximate surface area is 110 Å². The van der Waals surface area contributed by atoms with Crippen LogP contribution in [0.3, 0.4) is 0 Å². The molecule has 4 heteroatoms. The van der Waals surface area contributed by atoms with Crippen LogP contribution in [-0.4, -0.2) is 40.0 Å². The van der Waals surface area contributed by atoms with Crippen LogP contribution in [0.5, 0.6) is 0 Å². The lowest BCUT2D eigenvalue weighted by atomic mass is 10.00. The van der Waals surface area contributed by atoms with E-state index in [1.54, 1.807) is 0 Å². The van der Waals surface area contributed by atoms with Gasteiger partial charge >= 0.3 is 0 Å². The first-order valence-corrected chi connectivity index (χ1v) is 6.81. The van der Waals surface area contributed by atoms with Gasteiger partial charge in [-0.3, -0.25) is 14.9 Å². The molecule has 1 N–H and O–H groups in total. The Balaban J connectivity index is 2.00. The van der Waals surface area contributed by atoms with Gasteiger partial charge in [-0.05, 0) is 19.8 Å². The molecule has 1 fully saturated rings. The lowest BCUT2D eigenvalue weighted by Crippen LogP contribution is -2.56. The van der Waals surface area contributed by atoms with Crippen molar-refractivity contribution in [3.8, 4) is 0 Å². The molecule has 2 atom stereocenters. The van der Waals surface area contributed by atoms with Gasteiger partial charge in [-0.1, -0.05) is 13.8 Å². The SMILES string of the molecule is Cc1cnc(CN2CC(C(C)C)NCC2C)cn1. The fourth-order valence-corrected chi connectivity index (χ4v) is 2.32. The van der Waals surface area contributed by atoms with E-state index < -0.39 is 0 Å². The highest BCUT2D eigenvalue weighted by Gasteiger charge is 2.26. The summed E-state index contributed by atoms with van der Waals surface area (Å²) in [5.74, 6) is 0.670. The first-order chi connectivity index (χ1) is 8.56. The Hall–Kier alpha value is -1.00. The molecule has 0 radical (unpaired) electrons. The Kier molecular flexibility index (Phi) is 4.30. The molecule has 1 aromatic rings. The van der Waals surface area contributed by atoms with Crippen molar-refractivity contribution in [1.82, 2.24) is 20.2 Å². The molecule has 1 aliphatic rings. The molecule has 0 bridgehead atoms. The smallest absolute Gasteiger partial charge is 0.0727 e. The number of hydrogen-bond acceptors (Lipinski definition) is 4. The van der Waals surface area contributed by atoms with Crippen molar-refractivity contribution >= 4 is 0 Å². The Bertz CT molecular complexity index is 374. The van der Waals surface area contributed by atoms with E-state index in [9.17, 15) is 0 Å². The number of aromatic nitrogens is 2. The second-order valence-electron chi connectivity index (χ2n) is 5.69. The molecular formula is C14H24N4. The minimum Gasteiger partial charge on any atom is -0.311 e. The Morgan fingerprint density at radius 1 is 1.39 bits per heavy atom. The topological polar surface area (TPSA) is 41.1 Å². The highest BCUT2D eigenvalue weighted by atomic mass is 15.2. The average molecular weight is 248 g/mol. The molecule has 100 valence electrons. The fraction of sp³-hybridized carbons (Fsp3) is 0.714. The standard InChI is InChI=1S/C14H24N4/c1-10(2)14-9-18(12(4)6-17-14)8-13-7-15-11(3)5-16-13/h5,7,10,12,14,17H,6,8-9H2,1-4H3. The quantitative estimate of drug-likeness (QED) is 0.882. The van der Waals surface area contributed by atoms with Gasteiger partial charge in [-0.15, -0.1) is 0 Å². The first kappa shape index (κ1) is 13.4. The minimum absolute atomic E-state index is 0.558. The van der Waals surface area contributed by atoms with Gasteiger partial charge in [0.2, 0.25) is 0 Å². The highest BCUT2D eigenvalue weighted by molar-refractivity contribution is 5.01. The van der Waals surface area contributed by atoms with Gasteiger partial charge in [0, 0.05) is 44.1 Å². The van der Waals surface area contributed by atoms with Crippen molar-refractivity contribution in [1.29, 1.82) is 0 Å². The van der Waals surface area contributed by atoms with Crippen LogP contribution < -0.4 is 5.32 Å². The number of rotatable bonds is 3. The van der Waals surface area contributed by atoms with Gasteiger partial charge in [0.25, 0.3) is 0 Å². The van der Waals surface area contributed by atoms with Crippen LogP contribution >= 0.6 is 0 Å². The molecule has 0 spiro atoms. The maximum absolute atomic E-state index is 4.45. The highest BCUT2D eigenvalue weighted by Crippen LogP contribution is 2.14. The second-order valence-corrected chi connectivity index (χ2v) is 5.69. The zero-order valence-electron chi connectivity index (χ0n) is 11.8. The normalized spacial score (nSPS) is 25.6. The Morgan fingerprint density at radius 2 is 2.17 bits per heavy atom. The molecule has 0 aromatic carbocycles. The van der Waals surface area contributed by atoms with Crippen molar-refractivity contribution in [3.63, 3.8) is 0 Å². The molecule has 0 aliphatic carbocycles. The van der Waals surface area contributed by atoms with Crippen LogP contribution in [0.1, 0.15) is 32.2 Å². The summed E-state index contributed by atoms with van der Waals surface area (Å²) in [6.45, 7) is 11.8. The zero-order chi connectivity index (χ0) is 13.1. The van der Waals surface area contributed by atoms with Crippen LogP contribution in [0.15, 0.2) is 12.4 Å². The summed E-state index contributed by atoms with van der Waals surface area (Å²) in [5, 5.41) is 3.62. The van der Waals surface area contributed by atoms with E-state index >= 15 is 0 Å². The van der Waals surface area contributed by atoms with Crippen molar-refractivity contribution in [3.05, 3.63) is 23.8 Å². The monoisotopic (exact) mass is 248 g/mol. The molecule has 1 saturated heterocycles. The summed E-state index contributed by atoms with van der Waals surface area (Å²) < 4.78 is 0. The summed E-state index contributed by atoms with van der Waals surface area (Å²) in [7, 11) is 0. The summed E-state index contributed by atoms with van der Waals surface area (Å²) in [5.41, 5.74) is 2.05. The van der Waals surface area contributed by atoms with E-state index in [4.69, 9.17) is 0 Å². The van der Waals surface area contributed by atoms with Gasteiger partial charge in [0.1, 0.15) is 0 Å². The first-order valence-electron chi connectivity index (χ1n) is 6.81. The molecule has 0 saturated carbocycles. The van der Waals surface area contributed by atoms with E-state index in [0.29, 0.717) is 18.0 Å². The fourth-order valence-electron chi connectivity index (χ4n) is 2.32. The maximum atomic E-state index is 4.45. The van der Waals surface area contributed by atoms with E-state index in [-0.39, 0.29) is 0 Å². The third-order valence-electron chi connectivity index (χ3n) is 3.73. The molecule has 2 rings (SSSR count). The van der Waals surface area contributed by atoms with Crippen LogP contribution in [0.4, 0.5) is 0 Å². The summed E-state index contributed by atoms with van der Waals surface area (Å²) in [4.78, 5) is 11.3. The van der Waals surface area contributed by atoms with E-state index in [0.717, 1.165) is 31.0 Å². The molecule has 1 aliphatic heterocycles. The molecule has 0 amide bonds. The van der Waals surface area contributed by atoms with Gasteiger partial charge < -0.3 is 5.32 Å². The van der Waals surface area contributed by atoms with E-state index in [1.165, 1.54) is 0 Å². The van der Waals surface area contributed by atoms with Crippen LogP contribution in [0.25, 0.3) is 0 Å². The molecule has 2 unspecified atom stereocenters. The minimum atomic E-state index is 0.558. The lowest BCUT2D eigenvalue weighted by molar-refractivity contribution is 0.114. The van der Waals surface area contributed by atoms with Crippen molar-refractivity contribution in [2.75, 3.05) is 13.1 Å². The number of hydrogen-bond donors (Lipinski definition) is 1. The van der Waals surface area contributed by atoms with Crippen LogP contribution in [0, 0.1) is 12.8 Å². The predicted molar refractivity (Wildman–Crippen MR) is 73.3 cm³/mol. The summed E-state index contributed by atoms with van der Waals surface area (Å²) in [6, 6.07) is 1.14. The Morgan fingerprint density at radius 3 is 2.78 bits per heavy atom. The van der Waals surface area contributed by atoms with E-state index in [1.807, 2.05) is 19.3 Å². The number of piperazine rings is 1. The van der Waals surface area contributed by atoms with E-state index in [2.05, 4.69) is 41.0 Å². The molecular weight excluding hydrogens is 224 g/mol. The predicted octanol–water partition coefficient (Wildman–Crippen LogP) is 1.60. The molecule has 1 aromatic heterocycles. The van der Waals surface area contributed by atoms with Crippen LogP contribution in [-0.2, 0) is 6.54 Å². The summed E-state index contributed by atoms with van der Waals surface area (Å²) >= 11 is 0. The zero-order valence-corrected chi connectivity index (χ0v) is 11.8. The average Bonchev–Trinajstić information content (AvgIpc) is 2.34. The largest absolute Gasteiger partial charge is 0.311 e. The third kappa shape index (κ3) is 3.27. The molecule has 2 heterocycles. The number of nitrogens with one attached hydrogen (secondary N) is 1. The van der Waals surface area contributed by atoms with Gasteiger partial charge in [-0.25, -0.2) is 0 Å².